The van der Waals surface area contributed by atoms with Crippen molar-refractivity contribution in [2.75, 3.05) is 6.61 Å². The summed E-state index contributed by atoms with van der Waals surface area (Å²) in [7, 11) is 0. The Kier molecular flexibility index (Phi) is 11.6. The molecule has 1 atom stereocenters. The van der Waals surface area contributed by atoms with Crippen molar-refractivity contribution in [1.29, 1.82) is 0 Å². The van der Waals surface area contributed by atoms with Gasteiger partial charge in [-0.1, -0.05) is 6.92 Å². The molecule has 0 aliphatic rings. The Bertz CT molecular complexity index is 175. The summed E-state index contributed by atoms with van der Waals surface area (Å²) in [5.74, 6) is -0.341. The average Bonchev–Trinajstić information content (AvgIpc) is 2.02. The zero-order chi connectivity index (χ0) is 11.6. The first-order valence-corrected chi connectivity index (χ1v) is 4.60. The van der Waals surface area contributed by atoms with Gasteiger partial charge in [-0.15, -0.1) is 0 Å². The Labute approximate surface area is 83.6 Å². The first-order valence-electron chi connectivity index (χ1n) is 4.60. The summed E-state index contributed by atoms with van der Waals surface area (Å²) in [6.07, 6.45) is -0.0512. The predicted octanol–water partition coefficient (Wildman–Crippen LogP) is 2.77. The molecule has 0 radical (unpaired) electrons. The van der Waals surface area contributed by atoms with Gasteiger partial charge in [-0.05, 0) is 32.3 Å². The van der Waals surface area contributed by atoms with Crippen LogP contribution in [-0.4, -0.2) is 17.5 Å². The van der Waals surface area contributed by atoms with E-state index in [4.69, 9.17) is 5.11 Å². The fraction of sp³-hybridized carbons (Fsp3) is 0.700. The minimum atomic E-state index is -1.70. The number of halogens is 2. The minimum Gasteiger partial charge on any atom is -0.397 e. The summed E-state index contributed by atoms with van der Waals surface area (Å²) in [5, 5.41) is 7.57. The quantitative estimate of drug-likeness (QED) is 0.771. The number of hydrogen-bond donors (Lipinski definition) is 1. The number of ketones is 1. The molecule has 0 rings (SSSR count). The van der Waals surface area contributed by atoms with Gasteiger partial charge in [-0.3, -0.25) is 0 Å². The summed E-state index contributed by atoms with van der Waals surface area (Å²) in [6, 6.07) is 0. The van der Waals surface area contributed by atoms with Gasteiger partial charge in [0.25, 0.3) is 6.08 Å². The number of hydrogen-bond acceptors (Lipinski definition) is 2. The lowest BCUT2D eigenvalue weighted by Crippen LogP contribution is -2.01. The molecular weight excluding hydrogens is 190 g/mol. The topological polar surface area (TPSA) is 37.3 Å². The van der Waals surface area contributed by atoms with E-state index in [-0.39, 0.29) is 24.7 Å². The van der Waals surface area contributed by atoms with E-state index in [2.05, 4.69) is 0 Å². The average molecular weight is 208 g/mol. The second kappa shape index (κ2) is 10.3. The van der Waals surface area contributed by atoms with Gasteiger partial charge >= 0.3 is 0 Å². The first kappa shape index (κ1) is 15.7. The molecule has 0 aliphatic heterocycles. The van der Waals surface area contributed by atoms with E-state index in [0.717, 1.165) is 6.08 Å². The van der Waals surface area contributed by atoms with Crippen molar-refractivity contribution in [2.45, 2.75) is 33.6 Å². The van der Waals surface area contributed by atoms with Crippen molar-refractivity contribution in [2.24, 2.45) is 5.92 Å². The summed E-state index contributed by atoms with van der Waals surface area (Å²) < 4.78 is 23.3. The summed E-state index contributed by atoms with van der Waals surface area (Å²) >= 11 is 0. The van der Waals surface area contributed by atoms with Crippen LogP contribution in [0.1, 0.15) is 33.6 Å². The highest BCUT2D eigenvalue weighted by atomic mass is 19.3. The summed E-state index contributed by atoms with van der Waals surface area (Å²) in [6.45, 7) is 5.12. The molecule has 0 saturated heterocycles. The van der Waals surface area contributed by atoms with Crippen LogP contribution in [0, 0.1) is 5.92 Å². The molecule has 1 unspecified atom stereocenters. The highest BCUT2D eigenvalue weighted by molar-refractivity contribution is 5.75. The zero-order valence-electron chi connectivity index (χ0n) is 8.89. The Morgan fingerprint density at radius 3 is 2.07 bits per heavy atom. The summed E-state index contributed by atoms with van der Waals surface area (Å²) in [5.41, 5.74) is 0. The molecule has 0 bridgehead atoms. The molecule has 0 saturated carbocycles. The van der Waals surface area contributed by atoms with Crippen LogP contribution in [0.4, 0.5) is 8.78 Å². The number of carbonyl (C=O) groups is 1. The van der Waals surface area contributed by atoms with Crippen LogP contribution in [0.5, 0.6) is 0 Å². The van der Waals surface area contributed by atoms with Crippen LogP contribution in [0.3, 0.4) is 0 Å². The number of Topliss-reactive ketones (excluding diaryl/α,β-unsaturated/α-hetero) is 1. The number of aliphatic hydroxyl groups excluding tert-OH is 1. The second-order valence-electron chi connectivity index (χ2n) is 2.85. The fourth-order valence-electron chi connectivity index (χ4n) is 0.869. The monoisotopic (exact) mass is 208 g/mol. The fourth-order valence-corrected chi connectivity index (χ4v) is 0.869. The van der Waals surface area contributed by atoms with Gasteiger partial charge in [0.15, 0.2) is 0 Å². The van der Waals surface area contributed by atoms with E-state index in [1.54, 1.807) is 13.8 Å². The third kappa shape index (κ3) is 13.8. The molecule has 2 nitrogen and oxygen atoms in total. The number of aliphatic hydroxyl groups is 1. The van der Waals surface area contributed by atoms with Crippen LogP contribution < -0.4 is 0 Å². The molecule has 0 fully saturated rings. The third-order valence-electron chi connectivity index (χ3n) is 1.44. The largest absolute Gasteiger partial charge is 0.397 e. The zero-order valence-corrected chi connectivity index (χ0v) is 8.89. The van der Waals surface area contributed by atoms with Crippen LogP contribution in [-0.2, 0) is 4.79 Å². The van der Waals surface area contributed by atoms with Gasteiger partial charge in [0.2, 0.25) is 0 Å². The molecule has 0 aromatic heterocycles. The van der Waals surface area contributed by atoms with Crippen molar-refractivity contribution in [3.8, 4) is 0 Å². The van der Waals surface area contributed by atoms with Crippen molar-refractivity contribution >= 4 is 5.78 Å². The van der Waals surface area contributed by atoms with Crippen LogP contribution in [0.25, 0.3) is 0 Å². The second-order valence-corrected chi connectivity index (χ2v) is 2.85. The molecular formula is C10H18F2O2. The van der Waals surface area contributed by atoms with Crippen LogP contribution in [0.15, 0.2) is 12.2 Å². The number of allylic oxidation sites excluding steroid dienone is 1. The summed E-state index contributed by atoms with van der Waals surface area (Å²) in [4.78, 5) is 10.5. The molecule has 84 valence electrons. The highest BCUT2D eigenvalue weighted by Crippen LogP contribution is 2.14. The maximum absolute atomic E-state index is 11.7. The van der Waals surface area contributed by atoms with E-state index in [0.29, 0.717) is 6.42 Å². The first-order chi connectivity index (χ1) is 6.47. The lowest BCUT2D eigenvalue weighted by atomic mass is 10.0. The Morgan fingerprint density at radius 2 is 1.86 bits per heavy atom. The van der Waals surface area contributed by atoms with E-state index < -0.39 is 6.08 Å². The lowest BCUT2D eigenvalue weighted by Gasteiger charge is -2.04. The Balaban J connectivity index is 0. The van der Waals surface area contributed by atoms with Crippen LogP contribution >= 0.6 is 0 Å². The Morgan fingerprint density at radius 1 is 1.43 bits per heavy atom. The van der Waals surface area contributed by atoms with Crippen molar-refractivity contribution in [3.05, 3.63) is 12.2 Å². The van der Waals surface area contributed by atoms with E-state index in [1.807, 2.05) is 0 Å². The SMILES string of the molecule is CCC(C=C(F)F)CC(C)=O.CCO. The Hall–Kier alpha value is -0.770. The minimum absolute atomic E-state index is 0.0469. The predicted molar refractivity (Wildman–Crippen MR) is 52.1 cm³/mol. The van der Waals surface area contributed by atoms with Gasteiger partial charge in [-0.25, -0.2) is 0 Å². The molecule has 0 heterocycles. The number of carbonyl (C=O) groups excluding carboxylic acids is 1. The van der Waals surface area contributed by atoms with E-state index in [9.17, 15) is 13.6 Å². The lowest BCUT2D eigenvalue weighted by molar-refractivity contribution is -0.117. The molecule has 0 aromatic rings. The van der Waals surface area contributed by atoms with E-state index in [1.165, 1.54) is 6.92 Å². The molecule has 14 heavy (non-hydrogen) atoms. The van der Waals surface area contributed by atoms with Crippen molar-refractivity contribution < 1.29 is 18.7 Å². The highest BCUT2D eigenvalue weighted by Gasteiger charge is 2.07. The maximum Gasteiger partial charge on any atom is 0.266 e. The standard InChI is InChI=1S/C8H12F2O.C2H6O/c1-3-7(4-6(2)11)5-8(9)10;1-2-3/h5,7H,3-4H2,1-2H3;3H,2H2,1H3. The van der Waals surface area contributed by atoms with E-state index >= 15 is 0 Å². The van der Waals surface area contributed by atoms with Crippen LogP contribution in [0.2, 0.25) is 0 Å². The van der Waals surface area contributed by atoms with Crippen molar-refractivity contribution in [3.63, 3.8) is 0 Å². The van der Waals surface area contributed by atoms with Gasteiger partial charge in [-0.2, -0.15) is 8.78 Å². The molecule has 0 aromatic carbocycles. The normalized spacial score (nSPS) is 11.0. The molecule has 0 aliphatic carbocycles. The maximum atomic E-state index is 11.7. The molecule has 4 heteroatoms. The van der Waals surface area contributed by atoms with Gasteiger partial charge in [0.05, 0.1) is 0 Å². The number of rotatable bonds is 4. The molecule has 1 N–H and O–H groups in total. The molecule has 0 spiro atoms. The third-order valence-corrected chi connectivity index (χ3v) is 1.44. The van der Waals surface area contributed by atoms with Gasteiger partial charge < -0.3 is 9.90 Å². The van der Waals surface area contributed by atoms with Gasteiger partial charge in [0, 0.05) is 13.0 Å². The van der Waals surface area contributed by atoms with Crippen molar-refractivity contribution in [1.82, 2.24) is 0 Å². The van der Waals surface area contributed by atoms with Gasteiger partial charge in [0.1, 0.15) is 5.78 Å². The smallest absolute Gasteiger partial charge is 0.266 e. The molecule has 0 amide bonds.